The number of hydrogen-bond donors (Lipinski definition) is 1. The van der Waals surface area contributed by atoms with E-state index < -0.39 is 10.8 Å². The first-order valence-electron chi connectivity index (χ1n) is 8.05. The highest BCUT2D eigenvalue weighted by atomic mass is 32.2. The molecule has 0 aliphatic carbocycles. The smallest absolute Gasteiger partial charge is 0.251 e. The van der Waals surface area contributed by atoms with Gasteiger partial charge in [0.05, 0.1) is 0 Å². The predicted octanol–water partition coefficient (Wildman–Crippen LogP) is 2.35. The van der Waals surface area contributed by atoms with Crippen LogP contribution >= 0.6 is 0 Å². The number of rotatable bonds is 5. The number of carbonyl (C=O) groups excluding carboxylic acids is 1. The van der Waals surface area contributed by atoms with Gasteiger partial charge in [0.1, 0.15) is 5.82 Å². The molecule has 0 spiro atoms. The van der Waals surface area contributed by atoms with E-state index in [-0.39, 0.29) is 5.91 Å². The first-order chi connectivity index (χ1) is 11.6. The molecule has 6 heteroatoms. The maximum absolute atomic E-state index is 12.2. The van der Waals surface area contributed by atoms with Gasteiger partial charge in [0.25, 0.3) is 5.91 Å². The fraction of sp³-hybridized carbons (Fsp3) is 0.333. The molecule has 1 saturated heterocycles. The third-order valence-electron chi connectivity index (χ3n) is 4.14. The molecule has 0 saturated carbocycles. The van der Waals surface area contributed by atoms with E-state index in [4.69, 9.17) is 0 Å². The minimum Gasteiger partial charge on any atom is -0.357 e. The lowest BCUT2D eigenvalue weighted by molar-refractivity contribution is 0.0951. The third-order valence-corrected chi connectivity index (χ3v) is 5.08. The standard InChI is InChI=1S/C18H21N3O2S/c1-24(23)16-6-4-15(5-7-16)18(22)20-13-14-8-9-19-17(12-14)21-10-2-3-11-21/h4-9,12H,2-3,10-11,13H2,1H3,(H,20,22)/t24-/m1/s1. The number of pyridine rings is 1. The summed E-state index contributed by atoms with van der Waals surface area (Å²) in [4.78, 5) is 19.6. The Morgan fingerprint density at radius 1 is 1.21 bits per heavy atom. The lowest BCUT2D eigenvalue weighted by Gasteiger charge is -2.17. The number of anilines is 1. The van der Waals surface area contributed by atoms with Crippen LogP contribution in [0.3, 0.4) is 0 Å². The van der Waals surface area contributed by atoms with Crippen LogP contribution < -0.4 is 10.2 Å². The number of aromatic nitrogens is 1. The maximum atomic E-state index is 12.2. The Kier molecular flexibility index (Phi) is 5.25. The molecule has 126 valence electrons. The summed E-state index contributed by atoms with van der Waals surface area (Å²) in [6, 6.07) is 10.8. The molecule has 3 rings (SSSR count). The van der Waals surface area contributed by atoms with Gasteiger partial charge in [-0.3, -0.25) is 9.00 Å². The number of nitrogens with one attached hydrogen (secondary N) is 1. The van der Waals surface area contributed by atoms with Gasteiger partial charge in [-0.15, -0.1) is 0 Å². The van der Waals surface area contributed by atoms with Gasteiger partial charge in [-0.25, -0.2) is 4.98 Å². The lowest BCUT2D eigenvalue weighted by Crippen LogP contribution is -2.23. The van der Waals surface area contributed by atoms with Crippen LogP contribution in [0.5, 0.6) is 0 Å². The van der Waals surface area contributed by atoms with Crippen LogP contribution in [0.2, 0.25) is 0 Å². The molecule has 1 aromatic carbocycles. The second-order valence-corrected chi connectivity index (χ2v) is 7.26. The van der Waals surface area contributed by atoms with Crippen molar-refractivity contribution in [3.8, 4) is 0 Å². The second kappa shape index (κ2) is 7.57. The lowest BCUT2D eigenvalue weighted by atomic mass is 10.2. The molecule has 1 N–H and O–H groups in total. The molecule has 1 aliphatic rings. The molecule has 1 aromatic heterocycles. The van der Waals surface area contributed by atoms with Crippen LogP contribution in [-0.2, 0) is 17.3 Å². The van der Waals surface area contributed by atoms with Gasteiger partial charge in [-0.1, -0.05) is 0 Å². The zero-order chi connectivity index (χ0) is 16.9. The van der Waals surface area contributed by atoms with E-state index in [1.165, 1.54) is 12.8 Å². The summed E-state index contributed by atoms with van der Waals surface area (Å²) in [5.41, 5.74) is 1.60. The molecule has 0 bridgehead atoms. The molecule has 5 nitrogen and oxygen atoms in total. The fourth-order valence-corrected chi connectivity index (χ4v) is 3.29. The van der Waals surface area contributed by atoms with Crippen LogP contribution in [-0.4, -0.2) is 34.4 Å². The van der Waals surface area contributed by atoms with Crippen molar-refractivity contribution in [3.05, 3.63) is 53.7 Å². The van der Waals surface area contributed by atoms with Gasteiger partial charge in [-0.2, -0.15) is 0 Å². The van der Waals surface area contributed by atoms with Crippen molar-refractivity contribution >= 4 is 22.5 Å². The van der Waals surface area contributed by atoms with Crippen LogP contribution in [0.1, 0.15) is 28.8 Å². The van der Waals surface area contributed by atoms with E-state index in [2.05, 4.69) is 15.2 Å². The molecule has 1 fully saturated rings. The van der Waals surface area contributed by atoms with Crippen LogP contribution in [0, 0.1) is 0 Å². The number of benzene rings is 1. The minimum atomic E-state index is -1.03. The Morgan fingerprint density at radius 3 is 2.58 bits per heavy atom. The van der Waals surface area contributed by atoms with Gasteiger partial charge in [0.2, 0.25) is 0 Å². The highest BCUT2D eigenvalue weighted by Gasteiger charge is 2.14. The molecular weight excluding hydrogens is 322 g/mol. The maximum Gasteiger partial charge on any atom is 0.251 e. The summed E-state index contributed by atoms with van der Waals surface area (Å²) in [5, 5.41) is 2.92. The van der Waals surface area contributed by atoms with Crippen molar-refractivity contribution in [2.45, 2.75) is 24.3 Å². The predicted molar refractivity (Wildman–Crippen MR) is 95.6 cm³/mol. The van der Waals surface area contributed by atoms with Crippen molar-refractivity contribution in [1.82, 2.24) is 10.3 Å². The molecule has 0 radical (unpaired) electrons. The average molecular weight is 343 g/mol. The van der Waals surface area contributed by atoms with E-state index in [0.717, 1.165) is 29.4 Å². The van der Waals surface area contributed by atoms with Gasteiger partial charge >= 0.3 is 0 Å². The van der Waals surface area contributed by atoms with E-state index >= 15 is 0 Å². The molecule has 1 atom stereocenters. The summed E-state index contributed by atoms with van der Waals surface area (Å²) >= 11 is 0. The molecular formula is C18H21N3O2S. The van der Waals surface area contributed by atoms with Gasteiger partial charge in [0, 0.05) is 53.3 Å². The van der Waals surface area contributed by atoms with Crippen molar-refractivity contribution in [2.24, 2.45) is 0 Å². The highest BCUT2D eigenvalue weighted by Crippen LogP contribution is 2.18. The first kappa shape index (κ1) is 16.6. The summed E-state index contributed by atoms with van der Waals surface area (Å²) in [6.45, 7) is 2.56. The summed E-state index contributed by atoms with van der Waals surface area (Å²) in [5.74, 6) is 0.844. The molecule has 24 heavy (non-hydrogen) atoms. The molecule has 0 unspecified atom stereocenters. The quantitative estimate of drug-likeness (QED) is 0.905. The first-order valence-corrected chi connectivity index (χ1v) is 9.61. The Bertz CT molecular complexity index is 740. The minimum absolute atomic E-state index is 0.136. The largest absolute Gasteiger partial charge is 0.357 e. The van der Waals surface area contributed by atoms with Crippen LogP contribution in [0.15, 0.2) is 47.5 Å². The zero-order valence-electron chi connectivity index (χ0n) is 13.7. The molecule has 2 heterocycles. The van der Waals surface area contributed by atoms with E-state index in [1.807, 2.05) is 12.1 Å². The summed E-state index contributed by atoms with van der Waals surface area (Å²) < 4.78 is 11.4. The number of amides is 1. The van der Waals surface area contributed by atoms with Crippen molar-refractivity contribution in [2.75, 3.05) is 24.2 Å². The average Bonchev–Trinajstić information content (AvgIpc) is 3.15. The molecule has 2 aromatic rings. The van der Waals surface area contributed by atoms with E-state index in [1.54, 1.807) is 36.7 Å². The van der Waals surface area contributed by atoms with Crippen molar-refractivity contribution in [3.63, 3.8) is 0 Å². The normalized spacial score (nSPS) is 15.3. The van der Waals surface area contributed by atoms with Gasteiger partial charge < -0.3 is 10.2 Å². The highest BCUT2D eigenvalue weighted by molar-refractivity contribution is 7.84. The Morgan fingerprint density at radius 2 is 1.92 bits per heavy atom. The fourth-order valence-electron chi connectivity index (χ4n) is 2.77. The van der Waals surface area contributed by atoms with E-state index in [9.17, 15) is 9.00 Å². The Balaban J connectivity index is 1.61. The number of nitrogens with zero attached hydrogens (tertiary/aromatic N) is 2. The molecule has 1 amide bonds. The van der Waals surface area contributed by atoms with E-state index in [0.29, 0.717) is 12.1 Å². The van der Waals surface area contributed by atoms with Gasteiger partial charge in [-0.05, 0) is 54.8 Å². The SMILES string of the molecule is C[S@@](=O)c1ccc(C(=O)NCc2ccnc(N3CCCC3)c2)cc1. The topological polar surface area (TPSA) is 62.3 Å². The van der Waals surface area contributed by atoms with Gasteiger partial charge in [0.15, 0.2) is 0 Å². The summed E-state index contributed by atoms with van der Waals surface area (Å²) in [7, 11) is -1.03. The van der Waals surface area contributed by atoms with Crippen molar-refractivity contribution in [1.29, 1.82) is 0 Å². The second-order valence-electron chi connectivity index (χ2n) is 5.88. The monoisotopic (exact) mass is 343 g/mol. The zero-order valence-corrected chi connectivity index (χ0v) is 14.5. The summed E-state index contributed by atoms with van der Waals surface area (Å²) in [6.07, 6.45) is 5.83. The number of hydrogen-bond acceptors (Lipinski definition) is 4. The Hall–Kier alpha value is -2.21. The molecule has 1 aliphatic heterocycles. The Labute approximate surface area is 144 Å². The van der Waals surface area contributed by atoms with Crippen LogP contribution in [0.25, 0.3) is 0 Å². The van der Waals surface area contributed by atoms with Crippen molar-refractivity contribution < 1.29 is 9.00 Å². The van der Waals surface area contributed by atoms with Crippen LogP contribution in [0.4, 0.5) is 5.82 Å². The number of carbonyl (C=O) groups is 1. The third kappa shape index (κ3) is 4.00.